The molecule has 2 aromatic rings. The molecule has 2 saturated heterocycles. The second-order valence-corrected chi connectivity index (χ2v) is 9.44. The maximum atomic E-state index is 12.8. The van der Waals surface area contributed by atoms with E-state index in [1.54, 1.807) is 19.1 Å². The molecular formula is C15H16ClNO5S2. The van der Waals surface area contributed by atoms with Gasteiger partial charge in [0.25, 0.3) is 10.0 Å². The fourth-order valence-corrected chi connectivity index (χ4v) is 6.43. The normalized spacial score (nSPS) is 30.1. The molecule has 0 unspecified atom stereocenters. The molecule has 4 rings (SSSR count). The molecule has 0 amide bonds. The summed E-state index contributed by atoms with van der Waals surface area (Å²) in [6.07, 6.45) is -1.64. The molecule has 0 spiro atoms. The smallest absolute Gasteiger partial charge is 0.250 e. The number of hydrogen-bond donors (Lipinski definition) is 2. The number of rotatable bonds is 3. The monoisotopic (exact) mass is 389 g/mol. The van der Waals surface area contributed by atoms with Crippen LogP contribution in [0, 0.1) is 6.92 Å². The first kappa shape index (κ1) is 16.7. The quantitative estimate of drug-likeness (QED) is 0.834. The number of aliphatic hydroxyl groups is 1. The van der Waals surface area contributed by atoms with Gasteiger partial charge in [0.15, 0.2) is 0 Å². The third kappa shape index (κ3) is 2.66. The molecule has 24 heavy (non-hydrogen) atoms. The highest BCUT2D eigenvalue weighted by atomic mass is 35.5. The van der Waals surface area contributed by atoms with Gasteiger partial charge in [-0.25, -0.2) is 13.1 Å². The first-order valence-corrected chi connectivity index (χ1v) is 10.2. The van der Waals surface area contributed by atoms with Crippen LogP contribution in [-0.2, 0) is 19.5 Å². The summed E-state index contributed by atoms with van der Waals surface area (Å²) in [4.78, 5) is 0. The van der Waals surface area contributed by atoms with Crippen molar-refractivity contribution in [3.05, 3.63) is 28.8 Å². The van der Waals surface area contributed by atoms with E-state index in [9.17, 15) is 13.5 Å². The third-order valence-electron chi connectivity index (χ3n) is 4.43. The lowest BCUT2D eigenvalue weighted by atomic mass is 10.1. The maximum absolute atomic E-state index is 12.8. The molecule has 9 heteroatoms. The second kappa shape index (κ2) is 5.91. The summed E-state index contributed by atoms with van der Waals surface area (Å²) < 4.78 is 40.4. The minimum absolute atomic E-state index is 0.161. The number of thiophene rings is 1. The Hall–Kier alpha value is -0.740. The van der Waals surface area contributed by atoms with Crippen molar-refractivity contribution in [1.29, 1.82) is 0 Å². The van der Waals surface area contributed by atoms with Crippen molar-refractivity contribution < 1.29 is 23.0 Å². The van der Waals surface area contributed by atoms with Gasteiger partial charge < -0.3 is 14.6 Å². The van der Waals surface area contributed by atoms with Gasteiger partial charge in [-0.1, -0.05) is 11.6 Å². The molecule has 6 nitrogen and oxygen atoms in total. The van der Waals surface area contributed by atoms with E-state index in [1.165, 1.54) is 11.3 Å². The lowest BCUT2D eigenvalue weighted by Crippen LogP contribution is -2.44. The lowest BCUT2D eigenvalue weighted by molar-refractivity contribution is 0.0181. The van der Waals surface area contributed by atoms with E-state index in [-0.39, 0.29) is 17.4 Å². The molecule has 4 atom stereocenters. The molecule has 1 aromatic heterocycles. The summed E-state index contributed by atoms with van der Waals surface area (Å²) in [5.74, 6) is 0. The fourth-order valence-electron chi connectivity index (χ4n) is 3.26. The molecule has 0 saturated carbocycles. The highest BCUT2D eigenvalue weighted by Gasteiger charge is 2.48. The number of ether oxygens (including phenoxy) is 2. The molecule has 0 bridgehead atoms. The highest BCUT2D eigenvalue weighted by Crippen LogP contribution is 2.36. The minimum atomic E-state index is -3.72. The molecule has 3 heterocycles. The van der Waals surface area contributed by atoms with E-state index in [1.807, 2.05) is 6.07 Å². The second-order valence-electron chi connectivity index (χ2n) is 6.05. The Labute approximate surface area is 148 Å². The van der Waals surface area contributed by atoms with Gasteiger partial charge in [0, 0.05) is 9.72 Å². The van der Waals surface area contributed by atoms with Crippen LogP contribution in [-0.4, -0.2) is 51.1 Å². The first-order chi connectivity index (χ1) is 11.4. The van der Waals surface area contributed by atoms with Crippen LogP contribution in [0.3, 0.4) is 0 Å². The van der Waals surface area contributed by atoms with Gasteiger partial charge in [-0.2, -0.15) is 0 Å². The Kier molecular flexibility index (Phi) is 4.12. The lowest BCUT2D eigenvalue weighted by Gasteiger charge is -2.17. The van der Waals surface area contributed by atoms with Gasteiger partial charge in [0.2, 0.25) is 0 Å². The highest BCUT2D eigenvalue weighted by molar-refractivity contribution is 7.91. The molecule has 2 aliphatic rings. The zero-order valence-electron chi connectivity index (χ0n) is 12.7. The van der Waals surface area contributed by atoms with Gasteiger partial charge in [-0.15, -0.1) is 11.3 Å². The van der Waals surface area contributed by atoms with Gasteiger partial charge in [-0.05, 0) is 36.1 Å². The zero-order chi connectivity index (χ0) is 17.1. The molecule has 1 aromatic carbocycles. The Balaban J connectivity index is 1.65. The summed E-state index contributed by atoms with van der Waals surface area (Å²) in [7, 11) is -3.72. The SMILES string of the molecule is Cc1c(S(=O)(=O)N[C@@H]2CO[C@H]3[C@@H]2OC[C@H]3O)sc2ccc(Cl)cc12. The van der Waals surface area contributed by atoms with Crippen LogP contribution in [0.1, 0.15) is 5.56 Å². The van der Waals surface area contributed by atoms with Crippen LogP contribution in [0.4, 0.5) is 0 Å². The Morgan fingerprint density at radius 1 is 1.29 bits per heavy atom. The largest absolute Gasteiger partial charge is 0.388 e. The van der Waals surface area contributed by atoms with E-state index in [0.29, 0.717) is 10.6 Å². The average Bonchev–Trinajstić information content (AvgIpc) is 3.17. The minimum Gasteiger partial charge on any atom is -0.388 e. The standard InChI is InChI=1S/C15H16ClNO5S2/c1-7-9-4-8(16)2-3-12(9)23-15(7)24(19,20)17-10-5-21-14-11(18)6-22-13(10)14/h2-4,10-11,13-14,17-18H,5-6H2,1H3/t10-,11-,13-,14-/m1/s1. The molecule has 0 aliphatic carbocycles. The van der Waals surface area contributed by atoms with Crippen molar-refractivity contribution in [1.82, 2.24) is 4.72 Å². The number of halogens is 1. The molecule has 2 aliphatic heterocycles. The van der Waals surface area contributed by atoms with Crippen molar-refractivity contribution in [2.75, 3.05) is 13.2 Å². The van der Waals surface area contributed by atoms with E-state index >= 15 is 0 Å². The fraction of sp³-hybridized carbons (Fsp3) is 0.467. The van der Waals surface area contributed by atoms with Crippen LogP contribution >= 0.6 is 22.9 Å². The van der Waals surface area contributed by atoms with Crippen LogP contribution in [0.2, 0.25) is 5.02 Å². The summed E-state index contributed by atoms with van der Waals surface area (Å²) in [5, 5.41) is 11.2. The van der Waals surface area contributed by atoms with Crippen molar-refractivity contribution in [3.8, 4) is 0 Å². The van der Waals surface area contributed by atoms with Gasteiger partial charge in [0.05, 0.1) is 19.3 Å². The van der Waals surface area contributed by atoms with E-state index < -0.39 is 34.4 Å². The number of fused-ring (bicyclic) bond motifs is 2. The van der Waals surface area contributed by atoms with Crippen molar-refractivity contribution >= 4 is 43.0 Å². The number of aliphatic hydroxyl groups excluding tert-OH is 1. The summed E-state index contributed by atoms with van der Waals surface area (Å²) in [6, 6.07) is 4.82. The van der Waals surface area contributed by atoms with Crippen LogP contribution < -0.4 is 4.72 Å². The number of hydrogen-bond acceptors (Lipinski definition) is 6. The molecular weight excluding hydrogens is 374 g/mol. The van der Waals surface area contributed by atoms with Crippen LogP contribution in [0.15, 0.2) is 22.4 Å². The van der Waals surface area contributed by atoms with E-state index in [2.05, 4.69) is 4.72 Å². The summed E-state index contributed by atoms with van der Waals surface area (Å²) in [5.41, 5.74) is 0.674. The molecule has 2 fully saturated rings. The third-order valence-corrected chi connectivity index (χ3v) is 8.05. The van der Waals surface area contributed by atoms with Crippen molar-refractivity contribution in [2.24, 2.45) is 0 Å². The average molecular weight is 390 g/mol. The van der Waals surface area contributed by atoms with Crippen molar-refractivity contribution in [3.63, 3.8) is 0 Å². The van der Waals surface area contributed by atoms with Crippen LogP contribution in [0.25, 0.3) is 10.1 Å². The van der Waals surface area contributed by atoms with Gasteiger partial charge in [0.1, 0.15) is 22.5 Å². The number of benzene rings is 1. The topological polar surface area (TPSA) is 84.9 Å². The van der Waals surface area contributed by atoms with E-state index in [4.69, 9.17) is 21.1 Å². The molecule has 0 radical (unpaired) electrons. The number of sulfonamides is 1. The number of nitrogens with one attached hydrogen (secondary N) is 1. The Morgan fingerprint density at radius 3 is 2.83 bits per heavy atom. The predicted octanol–water partition coefficient (Wildman–Crippen LogP) is 1.67. The summed E-state index contributed by atoms with van der Waals surface area (Å²) >= 11 is 7.22. The predicted molar refractivity (Wildman–Crippen MR) is 91.2 cm³/mol. The zero-order valence-corrected chi connectivity index (χ0v) is 15.1. The molecule has 2 N–H and O–H groups in total. The van der Waals surface area contributed by atoms with Crippen LogP contribution in [0.5, 0.6) is 0 Å². The Bertz CT molecular complexity index is 897. The van der Waals surface area contributed by atoms with Crippen molar-refractivity contribution in [2.45, 2.75) is 35.5 Å². The summed E-state index contributed by atoms with van der Waals surface area (Å²) in [6.45, 7) is 2.11. The Morgan fingerprint density at radius 2 is 2.04 bits per heavy atom. The van der Waals surface area contributed by atoms with Gasteiger partial charge >= 0.3 is 0 Å². The van der Waals surface area contributed by atoms with Gasteiger partial charge in [-0.3, -0.25) is 0 Å². The molecule has 130 valence electrons. The maximum Gasteiger partial charge on any atom is 0.250 e. The van der Waals surface area contributed by atoms with E-state index in [0.717, 1.165) is 10.1 Å². The number of aryl methyl sites for hydroxylation is 1. The first-order valence-electron chi connectivity index (χ1n) is 7.49.